The molecule has 0 radical (unpaired) electrons. The zero-order chi connectivity index (χ0) is 11.7. The molecule has 0 aromatic carbocycles. The Morgan fingerprint density at radius 3 is 2.82 bits per heavy atom. The van der Waals surface area contributed by atoms with Crippen LogP contribution in [-0.4, -0.2) is 29.4 Å². The quantitative estimate of drug-likeness (QED) is 0.844. The van der Waals surface area contributed by atoms with Crippen LogP contribution in [0.15, 0.2) is 4.52 Å². The molecule has 3 rings (SSSR count). The largest absolute Gasteiger partial charge is 0.381 e. The highest BCUT2D eigenvalue weighted by Crippen LogP contribution is 2.33. The van der Waals surface area contributed by atoms with Crippen LogP contribution >= 0.6 is 0 Å². The maximum absolute atomic E-state index is 5.90. The van der Waals surface area contributed by atoms with Crippen molar-refractivity contribution in [2.75, 3.05) is 13.2 Å². The molecular formula is C12H19N3O2. The summed E-state index contributed by atoms with van der Waals surface area (Å²) in [5.74, 6) is 2.28. The fourth-order valence-electron chi connectivity index (χ4n) is 2.76. The topological polar surface area (TPSA) is 74.2 Å². The van der Waals surface area contributed by atoms with Gasteiger partial charge in [0.05, 0.1) is 6.61 Å². The lowest BCUT2D eigenvalue weighted by atomic mass is 10.0. The van der Waals surface area contributed by atoms with Gasteiger partial charge in [-0.25, -0.2) is 0 Å². The van der Waals surface area contributed by atoms with Crippen LogP contribution in [0.2, 0.25) is 0 Å². The molecule has 3 atom stereocenters. The molecule has 1 unspecified atom stereocenters. The summed E-state index contributed by atoms with van der Waals surface area (Å²) in [6.45, 7) is 1.59. The summed E-state index contributed by atoms with van der Waals surface area (Å²) < 4.78 is 10.8. The van der Waals surface area contributed by atoms with Gasteiger partial charge in [0.2, 0.25) is 5.89 Å². The summed E-state index contributed by atoms with van der Waals surface area (Å²) >= 11 is 0. The molecule has 1 saturated carbocycles. The van der Waals surface area contributed by atoms with E-state index >= 15 is 0 Å². The monoisotopic (exact) mass is 237 g/mol. The van der Waals surface area contributed by atoms with Crippen LogP contribution in [0.1, 0.15) is 55.7 Å². The molecule has 1 saturated heterocycles. The van der Waals surface area contributed by atoms with Crippen LogP contribution in [0.4, 0.5) is 0 Å². The Labute approximate surface area is 101 Å². The number of nitrogens with two attached hydrogens (primary N) is 1. The lowest BCUT2D eigenvalue weighted by molar-refractivity contribution is 0.0773. The molecule has 2 N–H and O–H groups in total. The second-order valence-electron chi connectivity index (χ2n) is 5.17. The van der Waals surface area contributed by atoms with Gasteiger partial charge in [-0.1, -0.05) is 5.16 Å². The minimum Gasteiger partial charge on any atom is -0.381 e. The summed E-state index contributed by atoms with van der Waals surface area (Å²) in [4.78, 5) is 4.54. The minimum atomic E-state index is 0.299. The van der Waals surface area contributed by atoms with E-state index in [1.165, 1.54) is 0 Å². The van der Waals surface area contributed by atoms with Gasteiger partial charge in [0.25, 0.3) is 0 Å². The molecule has 5 nitrogen and oxygen atoms in total. The third-order valence-electron chi connectivity index (χ3n) is 3.81. The van der Waals surface area contributed by atoms with Crippen LogP contribution in [0.25, 0.3) is 0 Å². The molecule has 2 aliphatic rings. The molecule has 94 valence electrons. The van der Waals surface area contributed by atoms with Crippen molar-refractivity contribution in [3.63, 3.8) is 0 Å². The molecule has 17 heavy (non-hydrogen) atoms. The van der Waals surface area contributed by atoms with Crippen molar-refractivity contribution in [1.29, 1.82) is 0 Å². The first-order valence-corrected chi connectivity index (χ1v) is 6.50. The fraction of sp³-hybridized carbons (Fsp3) is 0.833. The summed E-state index contributed by atoms with van der Waals surface area (Å²) in [5, 5.41) is 4.10. The van der Waals surface area contributed by atoms with E-state index in [1.807, 2.05) is 0 Å². The lowest BCUT2D eigenvalue weighted by Crippen LogP contribution is -2.16. The van der Waals surface area contributed by atoms with E-state index in [1.54, 1.807) is 0 Å². The standard InChI is InChI=1S/C12H19N3O2/c13-10-4-3-8(6-10)12-14-11(15-17-12)9-2-1-5-16-7-9/h8-10H,1-7,13H2/t8-,9?,10+/m1/s1. The number of hydrogen-bond acceptors (Lipinski definition) is 5. The minimum absolute atomic E-state index is 0.299. The van der Waals surface area contributed by atoms with Gasteiger partial charge in [0.15, 0.2) is 5.82 Å². The van der Waals surface area contributed by atoms with Gasteiger partial charge in [-0.2, -0.15) is 4.98 Å². The molecule has 1 aliphatic heterocycles. The maximum atomic E-state index is 5.90. The van der Waals surface area contributed by atoms with Crippen LogP contribution in [0, 0.1) is 0 Å². The number of ether oxygens (including phenoxy) is 1. The lowest BCUT2D eigenvalue weighted by Gasteiger charge is -2.18. The van der Waals surface area contributed by atoms with E-state index in [0.29, 0.717) is 17.9 Å². The highest BCUT2D eigenvalue weighted by atomic mass is 16.5. The van der Waals surface area contributed by atoms with Crippen molar-refractivity contribution < 1.29 is 9.26 Å². The van der Waals surface area contributed by atoms with Crippen molar-refractivity contribution in [3.8, 4) is 0 Å². The van der Waals surface area contributed by atoms with Gasteiger partial charge in [-0.15, -0.1) is 0 Å². The Morgan fingerprint density at radius 1 is 1.18 bits per heavy atom. The first-order valence-electron chi connectivity index (χ1n) is 6.50. The summed E-state index contributed by atoms with van der Waals surface area (Å²) in [6.07, 6.45) is 5.30. The van der Waals surface area contributed by atoms with E-state index in [2.05, 4.69) is 10.1 Å². The highest BCUT2D eigenvalue weighted by Gasteiger charge is 2.29. The average Bonchev–Trinajstić information content (AvgIpc) is 2.98. The molecule has 1 aromatic rings. The van der Waals surface area contributed by atoms with Gasteiger partial charge in [0, 0.05) is 24.5 Å². The maximum Gasteiger partial charge on any atom is 0.229 e. The smallest absolute Gasteiger partial charge is 0.229 e. The number of hydrogen-bond donors (Lipinski definition) is 1. The van der Waals surface area contributed by atoms with Gasteiger partial charge < -0.3 is 15.0 Å². The number of rotatable bonds is 2. The molecule has 2 fully saturated rings. The van der Waals surface area contributed by atoms with Crippen LogP contribution in [0.5, 0.6) is 0 Å². The molecule has 1 aromatic heterocycles. The summed E-state index contributed by atoms with van der Waals surface area (Å²) in [5.41, 5.74) is 5.90. The molecule has 0 amide bonds. The van der Waals surface area contributed by atoms with E-state index in [-0.39, 0.29) is 0 Å². The van der Waals surface area contributed by atoms with Crippen molar-refractivity contribution >= 4 is 0 Å². The Balaban J connectivity index is 1.69. The van der Waals surface area contributed by atoms with Crippen molar-refractivity contribution in [2.45, 2.75) is 50.0 Å². The van der Waals surface area contributed by atoms with Crippen LogP contribution in [-0.2, 0) is 4.74 Å². The summed E-state index contributed by atoms with van der Waals surface area (Å²) in [6, 6.07) is 0.299. The normalized spacial score (nSPS) is 34.1. The highest BCUT2D eigenvalue weighted by molar-refractivity contribution is 5.02. The first kappa shape index (κ1) is 11.2. The molecule has 2 heterocycles. The van der Waals surface area contributed by atoms with E-state index in [0.717, 1.165) is 57.0 Å². The second kappa shape index (κ2) is 4.74. The van der Waals surface area contributed by atoms with Gasteiger partial charge >= 0.3 is 0 Å². The number of nitrogens with zero attached hydrogens (tertiary/aromatic N) is 2. The zero-order valence-corrected chi connectivity index (χ0v) is 9.97. The molecule has 1 aliphatic carbocycles. The van der Waals surface area contributed by atoms with Crippen molar-refractivity contribution in [3.05, 3.63) is 11.7 Å². The Kier molecular flexibility index (Phi) is 3.11. The molecular weight excluding hydrogens is 218 g/mol. The van der Waals surface area contributed by atoms with Gasteiger partial charge in [-0.05, 0) is 32.1 Å². The molecule has 0 spiro atoms. The van der Waals surface area contributed by atoms with E-state index in [9.17, 15) is 0 Å². The Hall–Kier alpha value is -0.940. The van der Waals surface area contributed by atoms with Crippen LogP contribution < -0.4 is 5.73 Å². The van der Waals surface area contributed by atoms with Gasteiger partial charge in [-0.3, -0.25) is 0 Å². The van der Waals surface area contributed by atoms with Gasteiger partial charge in [0.1, 0.15) is 0 Å². The van der Waals surface area contributed by atoms with E-state index < -0.39 is 0 Å². The SMILES string of the molecule is N[C@H]1CC[C@@H](c2nc(C3CCCOC3)no2)C1. The fourth-order valence-corrected chi connectivity index (χ4v) is 2.76. The Bertz CT molecular complexity index is 354. The predicted molar refractivity (Wildman–Crippen MR) is 61.7 cm³/mol. The predicted octanol–water partition coefficient (Wildman–Crippen LogP) is 1.56. The van der Waals surface area contributed by atoms with Crippen molar-refractivity contribution in [2.24, 2.45) is 5.73 Å². The summed E-state index contributed by atoms with van der Waals surface area (Å²) in [7, 11) is 0. The Morgan fingerprint density at radius 2 is 2.12 bits per heavy atom. The third-order valence-corrected chi connectivity index (χ3v) is 3.81. The third kappa shape index (κ3) is 2.35. The number of aromatic nitrogens is 2. The molecule has 5 heteroatoms. The molecule has 0 bridgehead atoms. The zero-order valence-electron chi connectivity index (χ0n) is 9.97. The van der Waals surface area contributed by atoms with E-state index in [4.69, 9.17) is 15.0 Å². The van der Waals surface area contributed by atoms with Crippen LogP contribution in [0.3, 0.4) is 0 Å². The first-order chi connectivity index (χ1) is 8.33. The average molecular weight is 237 g/mol. The second-order valence-corrected chi connectivity index (χ2v) is 5.17. The van der Waals surface area contributed by atoms with Crippen molar-refractivity contribution in [1.82, 2.24) is 10.1 Å².